The second-order valence-corrected chi connectivity index (χ2v) is 5.43. The maximum absolute atomic E-state index is 8.85. The zero-order valence-corrected chi connectivity index (χ0v) is 11.8. The van der Waals surface area contributed by atoms with E-state index in [-0.39, 0.29) is 6.04 Å². The highest BCUT2D eigenvalue weighted by Crippen LogP contribution is 2.34. The molecule has 1 atom stereocenters. The van der Waals surface area contributed by atoms with E-state index in [0.29, 0.717) is 13.2 Å². The first kappa shape index (κ1) is 14.0. The zero-order chi connectivity index (χ0) is 13.5. The molecule has 0 saturated heterocycles. The van der Waals surface area contributed by atoms with E-state index in [2.05, 4.69) is 11.4 Å². The van der Waals surface area contributed by atoms with Crippen molar-refractivity contribution in [1.82, 2.24) is 5.32 Å². The van der Waals surface area contributed by atoms with E-state index in [1.807, 2.05) is 25.2 Å². The highest BCUT2D eigenvalue weighted by molar-refractivity contribution is 7.99. The Morgan fingerprint density at radius 1 is 1.37 bits per heavy atom. The number of nitrogens with one attached hydrogen (secondary N) is 1. The quantitative estimate of drug-likeness (QED) is 0.838. The van der Waals surface area contributed by atoms with Gasteiger partial charge in [0.2, 0.25) is 0 Å². The summed E-state index contributed by atoms with van der Waals surface area (Å²) >= 11 is 1.73. The van der Waals surface area contributed by atoms with Crippen molar-refractivity contribution in [2.24, 2.45) is 0 Å². The number of fused-ring (bicyclic) bond motifs is 1. The Morgan fingerprint density at radius 3 is 2.89 bits per heavy atom. The summed E-state index contributed by atoms with van der Waals surface area (Å²) < 4.78 is 11.2. The second-order valence-electron chi connectivity index (χ2n) is 4.27. The lowest BCUT2D eigenvalue weighted by Gasteiger charge is -2.10. The third kappa shape index (κ3) is 4.05. The first-order chi connectivity index (χ1) is 9.33. The molecule has 0 radical (unpaired) electrons. The van der Waals surface area contributed by atoms with Crippen LogP contribution in [0.2, 0.25) is 0 Å². The smallest absolute Gasteiger partial charge is 0.162 e. The maximum atomic E-state index is 8.85. The summed E-state index contributed by atoms with van der Waals surface area (Å²) in [5, 5.41) is 11.8. The number of rotatable bonds is 5. The molecule has 0 amide bonds. The molecule has 5 heteroatoms. The lowest BCUT2D eigenvalue weighted by atomic mass is 10.3. The van der Waals surface area contributed by atoms with E-state index in [4.69, 9.17) is 14.7 Å². The Balaban J connectivity index is 1.91. The number of thioether (sulfide) groups is 1. The summed E-state index contributed by atoms with van der Waals surface area (Å²) in [4.78, 5) is 1.15. The maximum Gasteiger partial charge on any atom is 0.162 e. The first-order valence-corrected chi connectivity index (χ1v) is 7.41. The molecule has 0 spiro atoms. The van der Waals surface area contributed by atoms with Gasteiger partial charge in [0.15, 0.2) is 11.5 Å². The van der Waals surface area contributed by atoms with Gasteiger partial charge in [-0.25, -0.2) is 0 Å². The van der Waals surface area contributed by atoms with Crippen LogP contribution in [-0.2, 0) is 0 Å². The normalized spacial score (nSPS) is 15.4. The molecule has 1 aromatic rings. The molecular weight excluding hydrogens is 260 g/mol. The van der Waals surface area contributed by atoms with Gasteiger partial charge >= 0.3 is 0 Å². The van der Waals surface area contributed by atoms with E-state index in [1.165, 1.54) is 0 Å². The van der Waals surface area contributed by atoms with Gasteiger partial charge in [0.1, 0.15) is 0 Å². The van der Waals surface area contributed by atoms with Crippen LogP contribution in [0.1, 0.15) is 12.8 Å². The molecule has 1 unspecified atom stereocenters. The minimum atomic E-state index is -0.0760. The fraction of sp³-hybridized carbons (Fsp3) is 0.500. The van der Waals surface area contributed by atoms with Crippen LogP contribution in [0.3, 0.4) is 0 Å². The molecule has 0 bridgehead atoms. The van der Waals surface area contributed by atoms with Crippen molar-refractivity contribution in [3.8, 4) is 17.6 Å². The minimum absolute atomic E-state index is 0.0760. The van der Waals surface area contributed by atoms with E-state index >= 15 is 0 Å². The monoisotopic (exact) mass is 278 g/mol. The van der Waals surface area contributed by atoms with E-state index in [9.17, 15) is 0 Å². The van der Waals surface area contributed by atoms with Gasteiger partial charge in [0.05, 0.1) is 25.3 Å². The molecule has 0 saturated carbocycles. The van der Waals surface area contributed by atoms with Gasteiger partial charge in [0.25, 0.3) is 0 Å². The van der Waals surface area contributed by atoms with Gasteiger partial charge in [-0.1, -0.05) is 0 Å². The Bertz CT molecular complexity index is 459. The Kier molecular flexibility index (Phi) is 5.37. The second kappa shape index (κ2) is 7.27. The number of nitriles is 1. The van der Waals surface area contributed by atoms with Crippen molar-refractivity contribution in [2.75, 3.05) is 26.0 Å². The number of ether oxygens (including phenoxy) is 2. The van der Waals surface area contributed by atoms with Crippen molar-refractivity contribution in [3.05, 3.63) is 18.2 Å². The van der Waals surface area contributed by atoms with Gasteiger partial charge in [-0.05, 0) is 31.7 Å². The number of nitrogens with zero attached hydrogens (tertiary/aromatic N) is 1. The van der Waals surface area contributed by atoms with Crippen LogP contribution in [0.5, 0.6) is 11.5 Å². The summed E-state index contributed by atoms with van der Waals surface area (Å²) in [6.45, 7) is 1.42. The van der Waals surface area contributed by atoms with Crippen molar-refractivity contribution in [3.63, 3.8) is 0 Å². The molecule has 2 rings (SSSR count). The largest absolute Gasteiger partial charge is 0.490 e. The molecule has 1 aliphatic rings. The Morgan fingerprint density at radius 2 is 2.16 bits per heavy atom. The molecule has 4 nitrogen and oxygen atoms in total. The summed E-state index contributed by atoms with van der Waals surface area (Å²) in [6, 6.07) is 8.17. The highest BCUT2D eigenvalue weighted by Gasteiger charge is 2.11. The lowest BCUT2D eigenvalue weighted by molar-refractivity contribution is 0.297. The lowest BCUT2D eigenvalue weighted by Crippen LogP contribution is -2.23. The van der Waals surface area contributed by atoms with Crippen molar-refractivity contribution >= 4 is 11.8 Å². The van der Waals surface area contributed by atoms with Gasteiger partial charge in [-0.3, -0.25) is 0 Å². The van der Waals surface area contributed by atoms with Crippen LogP contribution in [0.4, 0.5) is 0 Å². The molecule has 19 heavy (non-hydrogen) atoms. The minimum Gasteiger partial charge on any atom is -0.490 e. The fourth-order valence-electron chi connectivity index (χ4n) is 1.80. The summed E-state index contributed by atoms with van der Waals surface area (Å²) in [5.41, 5.74) is 0. The average Bonchev–Trinajstić information content (AvgIpc) is 2.68. The Hall–Kier alpha value is -1.38. The summed E-state index contributed by atoms with van der Waals surface area (Å²) in [6.07, 6.45) is 1.75. The molecule has 0 aliphatic carbocycles. The average molecular weight is 278 g/mol. The van der Waals surface area contributed by atoms with Crippen molar-refractivity contribution in [1.29, 1.82) is 5.26 Å². The third-order valence-electron chi connectivity index (χ3n) is 2.90. The number of benzene rings is 1. The molecule has 0 aromatic heterocycles. The van der Waals surface area contributed by atoms with Gasteiger partial charge in [-0.2, -0.15) is 5.26 Å². The van der Waals surface area contributed by atoms with E-state index in [0.717, 1.165) is 35.0 Å². The van der Waals surface area contributed by atoms with Crippen molar-refractivity contribution < 1.29 is 9.47 Å². The van der Waals surface area contributed by atoms with Crippen LogP contribution < -0.4 is 14.8 Å². The molecule has 1 heterocycles. The molecule has 1 aliphatic heterocycles. The fourth-order valence-corrected chi connectivity index (χ4v) is 2.75. The predicted molar refractivity (Wildman–Crippen MR) is 75.9 cm³/mol. The van der Waals surface area contributed by atoms with Gasteiger partial charge < -0.3 is 14.8 Å². The topological polar surface area (TPSA) is 54.3 Å². The first-order valence-electron chi connectivity index (χ1n) is 6.43. The summed E-state index contributed by atoms with van der Waals surface area (Å²) in [5.74, 6) is 2.55. The van der Waals surface area contributed by atoms with Crippen LogP contribution in [0, 0.1) is 11.3 Å². The predicted octanol–water partition coefficient (Wildman–Crippen LogP) is 2.44. The molecular formula is C14H18N2O2S. The SMILES string of the molecule is CNC(C#N)CCSc1ccc2c(c1)OCCCO2. The summed E-state index contributed by atoms with van der Waals surface area (Å²) in [7, 11) is 1.81. The van der Waals surface area contributed by atoms with Crippen molar-refractivity contribution in [2.45, 2.75) is 23.8 Å². The standard InChI is InChI=1S/C14H18N2O2S/c1-16-11(10-15)5-8-19-12-3-4-13-14(9-12)18-7-2-6-17-13/h3-4,9,11,16H,2,5-8H2,1H3. The van der Waals surface area contributed by atoms with E-state index < -0.39 is 0 Å². The molecule has 102 valence electrons. The van der Waals surface area contributed by atoms with Crippen LogP contribution in [-0.4, -0.2) is 32.1 Å². The molecule has 1 aromatic carbocycles. The van der Waals surface area contributed by atoms with E-state index in [1.54, 1.807) is 11.8 Å². The van der Waals surface area contributed by atoms with Gasteiger partial charge in [-0.15, -0.1) is 11.8 Å². The molecule has 0 fully saturated rings. The van der Waals surface area contributed by atoms with Crippen LogP contribution in [0.25, 0.3) is 0 Å². The van der Waals surface area contributed by atoms with Gasteiger partial charge in [0, 0.05) is 17.1 Å². The zero-order valence-electron chi connectivity index (χ0n) is 11.0. The van der Waals surface area contributed by atoms with Crippen LogP contribution >= 0.6 is 11.8 Å². The number of hydrogen-bond donors (Lipinski definition) is 1. The number of hydrogen-bond acceptors (Lipinski definition) is 5. The molecule has 1 N–H and O–H groups in total. The highest BCUT2D eigenvalue weighted by atomic mass is 32.2. The third-order valence-corrected chi connectivity index (χ3v) is 3.93. The Labute approximate surface area is 118 Å². The van der Waals surface area contributed by atoms with Crippen LogP contribution in [0.15, 0.2) is 23.1 Å².